The van der Waals surface area contributed by atoms with Gasteiger partial charge in [-0.25, -0.2) is 4.98 Å². The zero-order valence-electron chi connectivity index (χ0n) is 20.0. The van der Waals surface area contributed by atoms with Gasteiger partial charge in [0.1, 0.15) is 11.3 Å². The fraction of sp³-hybridized carbons (Fsp3) is 0.231. The number of ether oxygens (including phenoxy) is 1. The van der Waals surface area contributed by atoms with Gasteiger partial charge in [0.2, 0.25) is 0 Å². The second kappa shape index (κ2) is 10.3. The molecule has 0 unspecified atom stereocenters. The standard InChI is InChI=1S/C26H26ClN7O2/c1-17-8-31-33(12-17)13-18-3-5-19(6-4-18)14-34-15-22(24(32-34)16-36-2)26(35)30-10-20-7-21-23(27)11-29-25(21)28-9-20/h3-9,11-12,15H,10,13-14,16H2,1-2H3,(H,28,29)(H,30,35). The highest BCUT2D eigenvalue weighted by Gasteiger charge is 2.17. The summed E-state index contributed by atoms with van der Waals surface area (Å²) < 4.78 is 8.96. The Morgan fingerprint density at radius 1 is 1.08 bits per heavy atom. The van der Waals surface area contributed by atoms with E-state index < -0.39 is 0 Å². The highest BCUT2D eigenvalue weighted by atomic mass is 35.5. The number of nitrogens with one attached hydrogen (secondary N) is 2. The number of H-pyrrole nitrogens is 1. The van der Waals surface area contributed by atoms with Crippen molar-refractivity contribution in [1.82, 2.24) is 34.8 Å². The molecule has 5 rings (SSSR count). The number of rotatable bonds is 9. The fourth-order valence-electron chi connectivity index (χ4n) is 4.04. The van der Waals surface area contributed by atoms with E-state index in [1.807, 2.05) is 30.1 Å². The number of methoxy groups -OCH3 is 1. The first-order valence-corrected chi connectivity index (χ1v) is 11.9. The van der Waals surface area contributed by atoms with Crippen molar-refractivity contribution < 1.29 is 9.53 Å². The number of hydrogen-bond acceptors (Lipinski definition) is 5. The molecule has 0 bridgehead atoms. The van der Waals surface area contributed by atoms with Gasteiger partial charge in [0.05, 0.1) is 36.5 Å². The van der Waals surface area contributed by atoms with E-state index in [-0.39, 0.29) is 12.5 Å². The molecule has 0 atom stereocenters. The number of carbonyl (C=O) groups excluding carboxylic acids is 1. The fourth-order valence-corrected chi connectivity index (χ4v) is 4.24. The molecular formula is C26H26ClN7O2. The van der Waals surface area contributed by atoms with Crippen molar-refractivity contribution in [2.24, 2.45) is 0 Å². The molecule has 0 aliphatic rings. The smallest absolute Gasteiger partial charge is 0.255 e. The SMILES string of the molecule is COCc1nn(Cc2ccc(Cn3cc(C)cn3)cc2)cc1C(=O)NCc1cnc2[nH]cc(Cl)c2c1. The van der Waals surface area contributed by atoms with Crippen LogP contribution in [0.2, 0.25) is 5.02 Å². The van der Waals surface area contributed by atoms with Gasteiger partial charge in [-0.2, -0.15) is 10.2 Å². The van der Waals surface area contributed by atoms with Crippen LogP contribution in [0.25, 0.3) is 11.0 Å². The van der Waals surface area contributed by atoms with Gasteiger partial charge in [0.15, 0.2) is 0 Å². The lowest BCUT2D eigenvalue weighted by Crippen LogP contribution is -2.23. The first-order valence-electron chi connectivity index (χ1n) is 11.5. The Morgan fingerprint density at radius 3 is 2.53 bits per heavy atom. The summed E-state index contributed by atoms with van der Waals surface area (Å²) in [5.74, 6) is -0.224. The Labute approximate surface area is 213 Å². The van der Waals surface area contributed by atoms with Crippen LogP contribution in [0, 0.1) is 6.92 Å². The number of amides is 1. The van der Waals surface area contributed by atoms with Gasteiger partial charge in [-0.15, -0.1) is 0 Å². The molecule has 0 aliphatic heterocycles. The summed E-state index contributed by atoms with van der Waals surface area (Å²) in [7, 11) is 1.59. The predicted molar refractivity (Wildman–Crippen MR) is 137 cm³/mol. The van der Waals surface area contributed by atoms with Crippen LogP contribution in [0.3, 0.4) is 0 Å². The van der Waals surface area contributed by atoms with E-state index in [4.69, 9.17) is 16.3 Å². The number of aromatic amines is 1. The lowest BCUT2D eigenvalue weighted by molar-refractivity contribution is 0.0946. The summed E-state index contributed by atoms with van der Waals surface area (Å²) in [4.78, 5) is 20.4. The third kappa shape index (κ3) is 5.32. The van der Waals surface area contributed by atoms with Crippen LogP contribution in [0.1, 0.15) is 38.3 Å². The van der Waals surface area contributed by atoms with Crippen LogP contribution in [-0.2, 0) is 31.0 Å². The summed E-state index contributed by atoms with van der Waals surface area (Å²) in [6.07, 6.45) is 9.04. The third-order valence-electron chi connectivity index (χ3n) is 5.83. The van der Waals surface area contributed by atoms with Gasteiger partial charge in [-0.3, -0.25) is 14.2 Å². The van der Waals surface area contributed by atoms with E-state index >= 15 is 0 Å². The van der Waals surface area contributed by atoms with Crippen LogP contribution in [0.4, 0.5) is 0 Å². The zero-order chi connectivity index (χ0) is 25.1. The highest BCUT2D eigenvalue weighted by molar-refractivity contribution is 6.35. The van der Waals surface area contributed by atoms with Crippen LogP contribution in [-0.4, -0.2) is 42.5 Å². The molecule has 1 aromatic carbocycles. The molecule has 5 aromatic rings. The maximum atomic E-state index is 13.0. The highest BCUT2D eigenvalue weighted by Crippen LogP contribution is 2.22. The number of benzene rings is 1. The van der Waals surface area contributed by atoms with E-state index in [9.17, 15) is 4.79 Å². The summed E-state index contributed by atoms with van der Waals surface area (Å²) in [6, 6.07) is 10.2. The number of carbonyl (C=O) groups is 1. The average molecular weight is 504 g/mol. The van der Waals surface area contributed by atoms with Crippen LogP contribution >= 0.6 is 11.6 Å². The van der Waals surface area contributed by atoms with Gasteiger partial charge in [0, 0.05) is 43.8 Å². The molecule has 4 aromatic heterocycles. The van der Waals surface area contributed by atoms with E-state index in [2.05, 4.69) is 49.7 Å². The van der Waals surface area contributed by atoms with Crippen molar-refractivity contribution in [3.05, 3.63) is 99.8 Å². The maximum Gasteiger partial charge on any atom is 0.255 e. The van der Waals surface area contributed by atoms with Crippen LogP contribution in [0.5, 0.6) is 0 Å². The van der Waals surface area contributed by atoms with Gasteiger partial charge in [-0.05, 0) is 35.2 Å². The number of pyridine rings is 1. The second-order valence-corrected chi connectivity index (χ2v) is 9.12. The number of hydrogen-bond donors (Lipinski definition) is 2. The molecule has 2 N–H and O–H groups in total. The molecule has 0 aliphatic carbocycles. The van der Waals surface area contributed by atoms with Gasteiger partial charge in [-0.1, -0.05) is 35.9 Å². The number of nitrogens with zero attached hydrogens (tertiary/aromatic N) is 5. The number of aryl methyl sites for hydroxylation is 1. The van der Waals surface area contributed by atoms with E-state index in [0.29, 0.717) is 35.0 Å². The van der Waals surface area contributed by atoms with Gasteiger partial charge in [0.25, 0.3) is 5.91 Å². The Kier molecular flexibility index (Phi) is 6.84. The summed E-state index contributed by atoms with van der Waals surface area (Å²) in [5, 5.41) is 13.3. The van der Waals surface area contributed by atoms with Gasteiger partial charge < -0.3 is 15.0 Å². The molecule has 184 valence electrons. The normalized spacial score (nSPS) is 11.3. The van der Waals surface area contributed by atoms with Gasteiger partial charge >= 0.3 is 0 Å². The maximum absolute atomic E-state index is 13.0. The largest absolute Gasteiger partial charge is 0.378 e. The molecule has 4 heterocycles. The van der Waals surface area contributed by atoms with E-state index in [0.717, 1.165) is 34.2 Å². The lowest BCUT2D eigenvalue weighted by atomic mass is 10.1. The quantitative estimate of drug-likeness (QED) is 0.315. The predicted octanol–water partition coefficient (Wildman–Crippen LogP) is 4.09. The number of aromatic nitrogens is 6. The molecule has 0 saturated carbocycles. The van der Waals surface area contributed by atoms with Crippen molar-refractivity contribution >= 4 is 28.5 Å². The third-order valence-corrected chi connectivity index (χ3v) is 6.14. The second-order valence-electron chi connectivity index (χ2n) is 8.71. The molecule has 0 spiro atoms. The van der Waals surface area contributed by atoms with Crippen molar-refractivity contribution in [2.45, 2.75) is 33.2 Å². The molecule has 1 amide bonds. The monoisotopic (exact) mass is 503 g/mol. The Hall–Kier alpha value is -3.95. The average Bonchev–Trinajstić information content (AvgIpc) is 3.58. The first kappa shape index (κ1) is 23.8. The van der Waals surface area contributed by atoms with Crippen LogP contribution < -0.4 is 5.32 Å². The topological polar surface area (TPSA) is 103 Å². The van der Waals surface area contributed by atoms with E-state index in [1.165, 1.54) is 0 Å². The summed E-state index contributed by atoms with van der Waals surface area (Å²) in [6.45, 7) is 3.84. The van der Waals surface area contributed by atoms with Crippen molar-refractivity contribution in [1.29, 1.82) is 0 Å². The molecule has 10 heteroatoms. The Bertz CT molecular complexity index is 1500. The van der Waals surface area contributed by atoms with Crippen molar-refractivity contribution in [2.75, 3.05) is 7.11 Å². The minimum atomic E-state index is -0.224. The summed E-state index contributed by atoms with van der Waals surface area (Å²) in [5.41, 5.74) is 6.01. The molecule has 9 nitrogen and oxygen atoms in total. The number of fused-ring (bicyclic) bond motifs is 1. The zero-order valence-corrected chi connectivity index (χ0v) is 20.8. The molecule has 36 heavy (non-hydrogen) atoms. The number of halogens is 1. The minimum Gasteiger partial charge on any atom is -0.378 e. The molecule has 0 fully saturated rings. The van der Waals surface area contributed by atoms with Crippen molar-refractivity contribution in [3.63, 3.8) is 0 Å². The molecule has 0 radical (unpaired) electrons. The minimum absolute atomic E-state index is 0.224. The summed E-state index contributed by atoms with van der Waals surface area (Å²) >= 11 is 6.19. The Morgan fingerprint density at radius 2 is 1.83 bits per heavy atom. The van der Waals surface area contributed by atoms with Crippen molar-refractivity contribution in [3.8, 4) is 0 Å². The lowest BCUT2D eigenvalue weighted by Gasteiger charge is -2.06. The molecule has 0 saturated heterocycles. The van der Waals surface area contributed by atoms with Crippen LogP contribution in [0.15, 0.2) is 61.3 Å². The molecular weight excluding hydrogens is 478 g/mol. The Balaban J connectivity index is 1.26. The first-order chi connectivity index (χ1) is 17.5. The van der Waals surface area contributed by atoms with E-state index in [1.54, 1.807) is 30.4 Å².